The Labute approximate surface area is 83.2 Å². The second-order valence-corrected chi connectivity index (χ2v) is 2.46. The maximum absolute atomic E-state index is 4.83. The number of nitrogens with zero attached hydrogens (tertiary/aromatic N) is 4. The second-order valence-electron chi connectivity index (χ2n) is 2.46. The Morgan fingerprint density at radius 1 is 0.714 bits per heavy atom. The van der Waals surface area contributed by atoms with E-state index in [-0.39, 0.29) is 0 Å². The first kappa shape index (κ1) is 12.7. The van der Waals surface area contributed by atoms with E-state index in [1.54, 1.807) is 0 Å². The third-order valence-corrected chi connectivity index (χ3v) is 1.42. The van der Waals surface area contributed by atoms with Gasteiger partial charge in [-0.1, -0.05) is 10.4 Å². The zero-order valence-corrected chi connectivity index (χ0v) is 8.19. The van der Waals surface area contributed by atoms with Gasteiger partial charge in [0.2, 0.25) is 0 Å². The van der Waals surface area contributed by atoms with Gasteiger partial charge in [0.25, 0.3) is 0 Å². The Morgan fingerprint density at radius 3 is 1.50 bits per heavy atom. The maximum Gasteiger partial charge on any atom is 0.0744 e. The molecule has 0 atom stereocenters. The van der Waals surface area contributed by atoms with Gasteiger partial charge >= 0.3 is 0 Å². The van der Waals surface area contributed by atoms with Gasteiger partial charge in [-0.05, 0) is 0 Å². The molecule has 0 spiro atoms. The molecule has 0 aromatic heterocycles. The standard InChI is InChI=1S/C6H18N8/c7-13-11-5-3-9-1-2-10-4-6-12-14-8/h9-10H,1-6H2,(H2,7,11)(H2,8,12). The van der Waals surface area contributed by atoms with E-state index in [2.05, 4.69) is 31.3 Å². The molecule has 8 heteroatoms. The van der Waals surface area contributed by atoms with E-state index in [1.165, 1.54) is 0 Å². The van der Waals surface area contributed by atoms with Gasteiger partial charge < -0.3 is 22.3 Å². The van der Waals surface area contributed by atoms with Crippen molar-refractivity contribution in [1.29, 1.82) is 0 Å². The first-order valence-corrected chi connectivity index (χ1v) is 4.46. The summed E-state index contributed by atoms with van der Waals surface area (Å²) in [6.45, 7) is 4.53. The number of hydrogen-bond acceptors (Lipinski definition) is 6. The Hall–Kier alpha value is -1.28. The van der Waals surface area contributed by atoms with Gasteiger partial charge in [-0.2, -0.15) is 10.2 Å². The minimum atomic E-state index is 0.609. The first-order valence-electron chi connectivity index (χ1n) is 4.46. The monoisotopic (exact) mass is 202 g/mol. The summed E-state index contributed by atoms with van der Waals surface area (Å²) in [6.07, 6.45) is 0. The van der Waals surface area contributed by atoms with Crippen LogP contribution in [0.2, 0.25) is 0 Å². The lowest BCUT2D eigenvalue weighted by Crippen LogP contribution is -2.30. The van der Waals surface area contributed by atoms with Crippen molar-refractivity contribution in [2.24, 2.45) is 32.4 Å². The van der Waals surface area contributed by atoms with Crippen LogP contribution in [-0.2, 0) is 0 Å². The van der Waals surface area contributed by atoms with E-state index in [0.717, 1.165) is 26.2 Å². The quantitative estimate of drug-likeness (QED) is 0.162. The molecular weight excluding hydrogens is 184 g/mol. The van der Waals surface area contributed by atoms with Crippen molar-refractivity contribution in [1.82, 2.24) is 10.6 Å². The first-order chi connectivity index (χ1) is 6.91. The molecule has 8 nitrogen and oxygen atoms in total. The topological polar surface area (TPSA) is 126 Å². The van der Waals surface area contributed by atoms with E-state index >= 15 is 0 Å². The summed E-state index contributed by atoms with van der Waals surface area (Å²) >= 11 is 0. The lowest BCUT2D eigenvalue weighted by Gasteiger charge is -2.02. The van der Waals surface area contributed by atoms with Crippen molar-refractivity contribution in [3.8, 4) is 0 Å². The van der Waals surface area contributed by atoms with Crippen molar-refractivity contribution < 1.29 is 0 Å². The summed E-state index contributed by atoms with van der Waals surface area (Å²) < 4.78 is 0. The third-order valence-electron chi connectivity index (χ3n) is 1.42. The molecule has 82 valence electrons. The molecule has 14 heavy (non-hydrogen) atoms. The lowest BCUT2D eigenvalue weighted by atomic mass is 10.5. The molecule has 0 aromatic carbocycles. The Balaban J connectivity index is 2.92. The highest BCUT2D eigenvalue weighted by Gasteiger charge is 1.87. The van der Waals surface area contributed by atoms with Crippen molar-refractivity contribution in [2.75, 3.05) is 39.3 Å². The fourth-order valence-corrected chi connectivity index (χ4v) is 0.800. The molecule has 0 aliphatic heterocycles. The van der Waals surface area contributed by atoms with E-state index in [1.807, 2.05) is 0 Å². The number of hydrogen-bond donors (Lipinski definition) is 4. The van der Waals surface area contributed by atoms with Gasteiger partial charge in [-0.25, -0.2) is 0 Å². The molecule has 0 radical (unpaired) electrons. The molecule has 0 saturated carbocycles. The van der Waals surface area contributed by atoms with Crippen molar-refractivity contribution in [3.63, 3.8) is 0 Å². The summed E-state index contributed by atoms with van der Waals surface area (Å²) in [5.74, 6) is 9.65. The Morgan fingerprint density at radius 2 is 1.14 bits per heavy atom. The molecule has 0 amide bonds. The van der Waals surface area contributed by atoms with Crippen LogP contribution < -0.4 is 22.3 Å². The summed E-state index contributed by atoms with van der Waals surface area (Å²) in [4.78, 5) is 0. The molecule has 0 aromatic rings. The highest BCUT2D eigenvalue weighted by Crippen LogP contribution is 1.69. The predicted molar refractivity (Wildman–Crippen MR) is 53.6 cm³/mol. The summed E-state index contributed by atoms with van der Waals surface area (Å²) in [5.41, 5.74) is 0. The summed E-state index contributed by atoms with van der Waals surface area (Å²) in [5, 5.41) is 19.8. The predicted octanol–water partition coefficient (Wildman–Crippen LogP) is -1.18. The van der Waals surface area contributed by atoms with Gasteiger partial charge in [0.1, 0.15) is 0 Å². The van der Waals surface area contributed by atoms with E-state index < -0.39 is 0 Å². The zero-order valence-electron chi connectivity index (χ0n) is 8.19. The average Bonchev–Trinajstić information content (AvgIpc) is 2.21. The lowest BCUT2D eigenvalue weighted by molar-refractivity contribution is 0.609. The minimum absolute atomic E-state index is 0.609. The van der Waals surface area contributed by atoms with Crippen LogP contribution in [0.1, 0.15) is 0 Å². The number of nitrogens with one attached hydrogen (secondary N) is 2. The fraction of sp³-hybridized carbons (Fsp3) is 1.00. The fourth-order valence-electron chi connectivity index (χ4n) is 0.800. The van der Waals surface area contributed by atoms with Crippen molar-refractivity contribution >= 4 is 0 Å². The normalized spacial score (nSPS) is 11.7. The smallest absolute Gasteiger partial charge is 0.0744 e. The number of nitrogens with two attached hydrogens (primary N) is 2. The van der Waals surface area contributed by atoms with E-state index in [0.29, 0.717) is 13.1 Å². The second kappa shape index (κ2) is 11.7. The maximum atomic E-state index is 4.83. The van der Waals surface area contributed by atoms with E-state index in [9.17, 15) is 0 Å². The molecule has 0 rings (SSSR count). The molecule has 0 unspecified atom stereocenters. The van der Waals surface area contributed by atoms with Gasteiger partial charge in [0.15, 0.2) is 0 Å². The minimum Gasteiger partial charge on any atom is -0.314 e. The van der Waals surface area contributed by atoms with Gasteiger partial charge in [0.05, 0.1) is 13.1 Å². The van der Waals surface area contributed by atoms with Crippen LogP contribution in [0.5, 0.6) is 0 Å². The molecule has 0 aliphatic rings. The van der Waals surface area contributed by atoms with Crippen LogP contribution in [0.15, 0.2) is 20.7 Å². The average molecular weight is 202 g/mol. The van der Waals surface area contributed by atoms with Crippen molar-refractivity contribution in [3.05, 3.63) is 0 Å². The Bertz CT molecular complexity index is 138. The van der Waals surface area contributed by atoms with Crippen LogP contribution in [0.4, 0.5) is 0 Å². The SMILES string of the molecule is NN=NCCNCCNCCN=NN. The molecule has 0 bridgehead atoms. The van der Waals surface area contributed by atoms with Crippen LogP contribution in [0, 0.1) is 0 Å². The molecule has 0 aliphatic carbocycles. The molecule has 0 heterocycles. The molecule has 6 N–H and O–H groups in total. The molecule has 0 fully saturated rings. The van der Waals surface area contributed by atoms with Gasteiger partial charge in [-0.3, -0.25) is 0 Å². The number of rotatable bonds is 9. The summed E-state index contributed by atoms with van der Waals surface area (Å²) in [7, 11) is 0. The van der Waals surface area contributed by atoms with Crippen LogP contribution in [0.3, 0.4) is 0 Å². The molecule has 0 saturated heterocycles. The van der Waals surface area contributed by atoms with E-state index in [4.69, 9.17) is 11.7 Å². The Kier molecular flexibility index (Phi) is 10.6. The molecular formula is C6H18N8. The highest BCUT2D eigenvalue weighted by molar-refractivity contribution is 4.53. The van der Waals surface area contributed by atoms with Gasteiger partial charge in [-0.15, -0.1) is 0 Å². The highest BCUT2D eigenvalue weighted by atomic mass is 15.3. The summed E-state index contributed by atoms with van der Waals surface area (Å²) in [6, 6.07) is 0. The van der Waals surface area contributed by atoms with Crippen LogP contribution in [0.25, 0.3) is 0 Å². The van der Waals surface area contributed by atoms with Crippen LogP contribution in [-0.4, -0.2) is 39.3 Å². The van der Waals surface area contributed by atoms with Gasteiger partial charge in [0, 0.05) is 26.2 Å². The third kappa shape index (κ3) is 10.7. The zero-order chi connectivity index (χ0) is 10.5. The van der Waals surface area contributed by atoms with Crippen molar-refractivity contribution in [2.45, 2.75) is 0 Å². The largest absolute Gasteiger partial charge is 0.314 e. The van der Waals surface area contributed by atoms with Crippen LogP contribution >= 0.6 is 0 Å².